The average Bonchev–Trinajstić information content (AvgIpc) is 2.38. The summed E-state index contributed by atoms with van der Waals surface area (Å²) in [6, 6.07) is 6.79. The number of benzene rings is 1. The molecule has 100 valence electrons. The molecule has 0 fully saturated rings. The Balaban J connectivity index is 2.10. The average molecular weight is 280 g/mol. The van der Waals surface area contributed by atoms with Gasteiger partial charge in [-0.15, -0.1) is 0 Å². The molecule has 2 N–H and O–H groups in total. The van der Waals surface area contributed by atoms with Crippen LogP contribution in [0.5, 0.6) is 0 Å². The van der Waals surface area contributed by atoms with Gasteiger partial charge >= 0.3 is 5.97 Å². The molecule has 0 heterocycles. The summed E-state index contributed by atoms with van der Waals surface area (Å²) in [5, 5.41) is 12.4. The van der Waals surface area contributed by atoms with E-state index in [-0.39, 0.29) is 5.91 Å². The first-order valence-electron chi connectivity index (χ1n) is 6.02. The van der Waals surface area contributed by atoms with Crippen LogP contribution in [0.1, 0.15) is 12.8 Å². The third-order valence-corrected chi connectivity index (χ3v) is 3.41. The molecule has 5 heteroatoms. The quantitative estimate of drug-likeness (QED) is 0.836. The molecule has 1 amide bonds. The number of allylic oxidation sites excluding steroid dienone is 2. The predicted molar refractivity (Wildman–Crippen MR) is 73.1 cm³/mol. The number of hydrogen-bond donors (Lipinski definition) is 2. The number of aliphatic carboxylic acids is 1. The Morgan fingerprint density at radius 3 is 2.53 bits per heavy atom. The highest BCUT2D eigenvalue weighted by Gasteiger charge is 2.33. The Morgan fingerprint density at radius 2 is 1.89 bits per heavy atom. The van der Waals surface area contributed by atoms with Crippen LogP contribution in [-0.2, 0) is 9.59 Å². The van der Waals surface area contributed by atoms with E-state index in [1.807, 2.05) is 12.2 Å². The second-order valence-corrected chi connectivity index (χ2v) is 4.93. The van der Waals surface area contributed by atoms with Crippen LogP contribution in [0.25, 0.3) is 0 Å². The van der Waals surface area contributed by atoms with Gasteiger partial charge in [-0.25, -0.2) is 0 Å². The number of rotatable bonds is 3. The van der Waals surface area contributed by atoms with Crippen molar-refractivity contribution in [1.29, 1.82) is 0 Å². The molecule has 1 aliphatic carbocycles. The van der Waals surface area contributed by atoms with E-state index in [9.17, 15) is 9.59 Å². The number of carboxylic acids is 1. The maximum atomic E-state index is 12.1. The molecule has 4 nitrogen and oxygen atoms in total. The summed E-state index contributed by atoms with van der Waals surface area (Å²) in [6.07, 6.45) is 4.50. The van der Waals surface area contributed by atoms with Crippen LogP contribution in [0.15, 0.2) is 36.4 Å². The molecule has 2 rings (SSSR count). The van der Waals surface area contributed by atoms with Crippen LogP contribution in [-0.4, -0.2) is 17.0 Å². The van der Waals surface area contributed by atoms with Gasteiger partial charge in [0.25, 0.3) is 0 Å². The Hall–Kier alpha value is -1.81. The molecule has 19 heavy (non-hydrogen) atoms. The number of amides is 1. The fraction of sp³-hybridized carbons (Fsp3) is 0.286. The zero-order valence-electron chi connectivity index (χ0n) is 10.2. The van der Waals surface area contributed by atoms with Crippen molar-refractivity contribution in [3.05, 3.63) is 41.4 Å². The second-order valence-electron chi connectivity index (χ2n) is 4.49. The maximum absolute atomic E-state index is 12.1. The van der Waals surface area contributed by atoms with E-state index in [0.29, 0.717) is 23.6 Å². The van der Waals surface area contributed by atoms with E-state index in [0.717, 1.165) is 0 Å². The van der Waals surface area contributed by atoms with E-state index >= 15 is 0 Å². The van der Waals surface area contributed by atoms with Crippen molar-refractivity contribution in [2.24, 2.45) is 11.8 Å². The van der Waals surface area contributed by atoms with Crippen LogP contribution < -0.4 is 5.32 Å². The summed E-state index contributed by atoms with van der Waals surface area (Å²) < 4.78 is 0. The lowest BCUT2D eigenvalue weighted by Gasteiger charge is -2.24. The van der Waals surface area contributed by atoms with Crippen LogP contribution >= 0.6 is 11.6 Å². The molecule has 0 saturated carbocycles. The maximum Gasteiger partial charge on any atom is 0.307 e. The van der Waals surface area contributed by atoms with E-state index in [1.165, 1.54) is 0 Å². The van der Waals surface area contributed by atoms with Gasteiger partial charge in [0.05, 0.1) is 11.8 Å². The van der Waals surface area contributed by atoms with Gasteiger partial charge in [0, 0.05) is 10.7 Å². The molecule has 0 bridgehead atoms. The summed E-state index contributed by atoms with van der Waals surface area (Å²) >= 11 is 5.84. The molecule has 0 aliphatic heterocycles. The normalized spacial score (nSPS) is 21.9. The largest absolute Gasteiger partial charge is 0.481 e. The zero-order chi connectivity index (χ0) is 13.8. The number of carboxylic acid groups (broad SMARTS) is 1. The summed E-state index contributed by atoms with van der Waals surface area (Å²) in [5.74, 6) is -2.42. The van der Waals surface area contributed by atoms with Crippen LogP contribution in [0.2, 0.25) is 5.02 Å². The van der Waals surface area contributed by atoms with E-state index < -0.39 is 17.8 Å². The molecule has 1 aromatic rings. The molecular weight excluding hydrogens is 266 g/mol. The molecule has 0 saturated heterocycles. The fourth-order valence-electron chi connectivity index (χ4n) is 2.18. The number of hydrogen-bond acceptors (Lipinski definition) is 2. The van der Waals surface area contributed by atoms with Crippen LogP contribution in [0, 0.1) is 11.8 Å². The van der Waals surface area contributed by atoms with Gasteiger partial charge in [0.1, 0.15) is 0 Å². The predicted octanol–water partition coefficient (Wildman–Crippen LogP) is 2.95. The first-order chi connectivity index (χ1) is 9.08. The SMILES string of the molecule is O=C(O)[C@@H]1CC=CC[C@H]1C(=O)Nc1cccc(Cl)c1. The summed E-state index contributed by atoms with van der Waals surface area (Å²) in [7, 11) is 0. The Bertz CT molecular complexity index is 527. The molecule has 0 unspecified atom stereocenters. The minimum Gasteiger partial charge on any atom is -0.481 e. The highest BCUT2D eigenvalue weighted by molar-refractivity contribution is 6.30. The van der Waals surface area contributed by atoms with Gasteiger partial charge in [-0.1, -0.05) is 29.8 Å². The van der Waals surface area contributed by atoms with Crippen molar-refractivity contribution in [2.45, 2.75) is 12.8 Å². The van der Waals surface area contributed by atoms with Crippen molar-refractivity contribution >= 4 is 29.2 Å². The molecule has 0 aromatic heterocycles. The minimum absolute atomic E-state index is 0.279. The van der Waals surface area contributed by atoms with Crippen molar-refractivity contribution in [3.63, 3.8) is 0 Å². The van der Waals surface area contributed by atoms with Gasteiger partial charge in [0.15, 0.2) is 0 Å². The number of nitrogens with one attached hydrogen (secondary N) is 1. The molecule has 1 aromatic carbocycles. The van der Waals surface area contributed by atoms with E-state index in [2.05, 4.69) is 5.32 Å². The molecule has 2 atom stereocenters. The monoisotopic (exact) mass is 279 g/mol. The summed E-state index contributed by atoms with van der Waals surface area (Å²) in [4.78, 5) is 23.3. The standard InChI is InChI=1S/C14H14ClNO3/c15-9-4-3-5-10(8-9)16-13(17)11-6-1-2-7-12(11)14(18)19/h1-5,8,11-12H,6-7H2,(H,16,17)(H,18,19)/t11-,12-/m1/s1. The third kappa shape index (κ3) is 3.35. The van der Waals surface area contributed by atoms with Gasteiger partial charge in [-0.3, -0.25) is 9.59 Å². The van der Waals surface area contributed by atoms with Gasteiger partial charge in [0.2, 0.25) is 5.91 Å². The van der Waals surface area contributed by atoms with Crippen LogP contribution in [0.3, 0.4) is 0 Å². The smallest absolute Gasteiger partial charge is 0.307 e. The highest BCUT2D eigenvalue weighted by atomic mass is 35.5. The van der Waals surface area contributed by atoms with Gasteiger partial charge < -0.3 is 10.4 Å². The van der Waals surface area contributed by atoms with Crippen molar-refractivity contribution < 1.29 is 14.7 Å². The Labute approximate surface area is 116 Å². The van der Waals surface area contributed by atoms with Crippen molar-refractivity contribution in [1.82, 2.24) is 0 Å². The zero-order valence-corrected chi connectivity index (χ0v) is 10.9. The Morgan fingerprint density at radius 1 is 1.21 bits per heavy atom. The number of anilines is 1. The highest BCUT2D eigenvalue weighted by Crippen LogP contribution is 2.27. The van der Waals surface area contributed by atoms with Gasteiger partial charge in [-0.05, 0) is 31.0 Å². The lowest BCUT2D eigenvalue weighted by molar-refractivity contribution is -0.146. The number of halogens is 1. The van der Waals surface area contributed by atoms with E-state index in [1.54, 1.807) is 24.3 Å². The first-order valence-corrected chi connectivity index (χ1v) is 6.40. The molecule has 0 spiro atoms. The number of carbonyl (C=O) groups is 2. The second kappa shape index (κ2) is 5.89. The molecule has 1 aliphatic rings. The summed E-state index contributed by atoms with van der Waals surface area (Å²) in [6.45, 7) is 0. The van der Waals surface area contributed by atoms with Crippen molar-refractivity contribution in [2.75, 3.05) is 5.32 Å². The minimum atomic E-state index is -0.935. The van der Waals surface area contributed by atoms with E-state index in [4.69, 9.17) is 16.7 Å². The van der Waals surface area contributed by atoms with Crippen LogP contribution in [0.4, 0.5) is 5.69 Å². The topological polar surface area (TPSA) is 66.4 Å². The fourth-order valence-corrected chi connectivity index (χ4v) is 2.37. The Kier molecular flexibility index (Phi) is 4.22. The molecule has 0 radical (unpaired) electrons. The molecular formula is C14H14ClNO3. The third-order valence-electron chi connectivity index (χ3n) is 3.18. The van der Waals surface area contributed by atoms with Crippen molar-refractivity contribution in [3.8, 4) is 0 Å². The van der Waals surface area contributed by atoms with Gasteiger partial charge in [-0.2, -0.15) is 0 Å². The summed E-state index contributed by atoms with van der Waals surface area (Å²) in [5.41, 5.74) is 0.580. The lowest BCUT2D eigenvalue weighted by atomic mass is 9.82. The first kappa shape index (κ1) is 13.6. The number of carbonyl (C=O) groups excluding carboxylic acids is 1. The lowest BCUT2D eigenvalue weighted by Crippen LogP contribution is -2.34.